The molecule has 0 unspecified atom stereocenters. The Morgan fingerprint density at radius 1 is 0.758 bits per heavy atom. The molecule has 8 nitrogen and oxygen atoms in total. The lowest BCUT2D eigenvalue weighted by Crippen LogP contribution is -2.66. The molecule has 6 fully saturated rings. The molecule has 11 heteroatoms. The highest BCUT2D eigenvalue weighted by Crippen LogP contribution is 2.55. The van der Waals surface area contributed by atoms with Gasteiger partial charge >= 0.3 is 5.97 Å². The van der Waals surface area contributed by atoms with Crippen LogP contribution in [-0.2, 0) is 9.53 Å². The summed E-state index contributed by atoms with van der Waals surface area (Å²) in [4.78, 5) is 50.0. The molecular formula is C51H60Br3N3O5. The average molecular weight is 1030 g/mol. The van der Waals surface area contributed by atoms with E-state index in [9.17, 15) is 14.7 Å². The van der Waals surface area contributed by atoms with Crippen molar-refractivity contribution in [3.05, 3.63) is 109 Å². The molecule has 3 aromatic carbocycles. The van der Waals surface area contributed by atoms with Gasteiger partial charge in [0.25, 0.3) is 11.8 Å². The summed E-state index contributed by atoms with van der Waals surface area (Å²) in [6.07, 6.45) is 12.1. The molecule has 2 bridgehead atoms. The van der Waals surface area contributed by atoms with Gasteiger partial charge in [-0.05, 0) is 174 Å². The van der Waals surface area contributed by atoms with Crippen LogP contribution in [0.25, 0.3) is 5.76 Å². The predicted octanol–water partition coefficient (Wildman–Crippen LogP) is 11.0. The maximum absolute atomic E-state index is 15.2. The van der Waals surface area contributed by atoms with Crippen molar-refractivity contribution in [2.45, 2.75) is 114 Å². The van der Waals surface area contributed by atoms with Crippen molar-refractivity contribution in [3.63, 3.8) is 0 Å². The van der Waals surface area contributed by atoms with Gasteiger partial charge in [-0.3, -0.25) is 9.59 Å². The largest absolute Gasteiger partial charge is 0.422 e. The molecule has 0 aromatic heterocycles. The second-order valence-electron chi connectivity index (χ2n) is 20.0. The van der Waals surface area contributed by atoms with E-state index in [2.05, 4.69) is 83.4 Å². The number of fused-ring (bicyclic) bond motifs is 4. The van der Waals surface area contributed by atoms with E-state index in [1.54, 1.807) is 24.3 Å². The molecule has 9 rings (SSSR count). The number of benzene rings is 3. The number of aliphatic hydroxyl groups is 1. The molecular weight excluding hydrogens is 974 g/mol. The van der Waals surface area contributed by atoms with Gasteiger partial charge in [0.15, 0.2) is 0 Å². The van der Waals surface area contributed by atoms with Crippen LogP contribution in [0.5, 0.6) is 0 Å². The third kappa shape index (κ3) is 8.80. The minimum atomic E-state index is -0.933. The summed E-state index contributed by atoms with van der Waals surface area (Å²) in [6.45, 7) is 6.24. The highest BCUT2D eigenvalue weighted by molar-refractivity contribution is 9.11. The van der Waals surface area contributed by atoms with Crippen LogP contribution in [-0.4, -0.2) is 87.5 Å². The molecule has 330 valence electrons. The maximum Gasteiger partial charge on any atom is 0.343 e. The smallest absolute Gasteiger partial charge is 0.343 e. The van der Waals surface area contributed by atoms with Gasteiger partial charge in [-0.25, -0.2) is 4.79 Å². The van der Waals surface area contributed by atoms with E-state index >= 15 is 4.79 Å². The van der Waals surface area contributed by atoms with Crippen LogP contribution in [0.3, 0.4) is 0 Å². The minimum Gasteiger partial charge on any atom is -0.422 e. The molecule has 2 amide bonds. The van der Waals surface area contributed by atoms with Crippen LogP contribution in [0, 0.1) is 41.4 Å². The molecule has 3 saturated carbocycles. The minimum absolute atomic E-state index is 0.00660. The zero-order valence-corrected chi connectivity index (χ0v) is 40.9. The lowest BCUT2D eigenvalue weighted by molar-refractivity contribution is -0.141. The first-order valence-electron chi connectivity index (χ1n) is 23.0. The fraction of sp³-hybridized carbons (Fsp3) is 0.549. The van der Waals surface area contributed by atoms with Crippen molar-refractivity contribution in [3.8, 4) is 0 Å². The third-order valence-corrected chi connectivity index (χ3v) is 17.7. The number of piperidine rings is 3. The number of rotatable bonds is 7. The van der Waals surface area contributed by atoms with E-state index in [0.717, 1.165) is 77.8 Å². The standard InChI is InChI=1S/C51H60Br3N3O5/c1-30-22-36-26-47-51(61,37-27-43(36)44(23-30)55(3)29-37)19-18-41(57(47)49(59)33-8-14-39(53)15-9-33)25-35-21-31(2)24-45-42(35)5-4-20-56(45)48(58)28-46(32-6-12-38(52)13-7-32)62-50(60)34-10-16-40(54)17-11-34/h6-17,28,30-31,35-37,41-45,47,61H,4-5,18-27,29H2,1-3H3/b46-28-/t30-,31+,35-,36+,37-,41-,42-,43-,44+,45+,47+,51+/m1/s1. The van der Waals surface area contributed by atoms with Gasteiger partial charge in [-0.1, -0.05) is 73.8 Å². The van der Waals surface area contributed by atoms with Crippen molar-refractivity contribution in [2.24, 2.45) is 41.4 Å². The number of ether oxygens (including phenoxy) is 1. The summed E-state index contributed by atoms with van der Waals surface area (Å²) < 4.78 is 8.71. The van der Waals surface area contributed by atoms with E-state index in [-0.39, 0.29) is 47.5 Å². The van der Waals surface area contributed by atoms with Gasteiger partial charge in [0.1, 0.15) is 5.76 Å². The molecule has 12 atom stereocenters. The van der Waals surface area contributed by atoms with Crippen molar-refractivity contribution in [1.29, 1.82) is 0 Å². The lowest BCUT2D eigenvalue weighted by Gasteiger charge is -2.56. The number of amides is 2. The molecule has 0 radical (unpaired) electrons. The number of carbonyl (C=O) groups is 3. The maximum atomic E-state index is 15.2. The molecule has 1 N–H and O–H groups in total. The molecule has 3 heterocycles. The van der Waals surface area contributed by atoms with Crippen LogP contribution in [0.1, 0.15) is 111 Å². The Hall–Kier alpha value is -2.83. The average Bonchev–Trinajstić information content (AvgIpc) is 3.35. The monoisotopic (exact) mass is 1030 g/mol. The Balaban J connectivity index is 1.01. The Morgan fingerprint density at radius 2 is 1.37 bits per heavy atom. The molecule has 0 spiro atoms. The molecule has 3 aromatic rings. The number of likely N-dealkylation sites (tertiary alicyclic amines) is 3. The lowest BCUT2D eigenvalue weighted by atomic mass is 9.64. The van der Waals surface area contributed by atoms with E-state index < -0.39 is 11.6 Å². The molecule has 62 heavy (non-hydrogen) atoms. The van der Waals surface area contributed by atoms with Crippen LogP contribution in [0.2, 0.25) is 0 Å². The molecule has 3 aliphatic heterocycles. The van der Waals surface area contributed by atoms with Crippen molar-refractivity contribution in [1.82, 2.24) is 14.7 Å². The first-order valence-corrected chi connectivity index (χ1v) is 25.4. The zero-order valence-electron chi connectivity index (χ0n) is 36.1. The second-order valence-corrected chi connectivity index (χ2v) is 22.7. The van der Waals surface area contributed by atoms with Gasteiger partial charge in [0.2, 0.25) is 0 Å². The van der Waals surface area contributed by atoms with E-state index in [1.165, 1.54) is 12.5 Å². The molecule has 3 saturated heterocycles. The highest BCUT2D eigenvalue weighted by atomic mass is 79.9. The first kappa shape index (κ1) is 44.4. The number of nitrogens with zero attached hydrogens (tertiary/aromatic N) is 3. The van der Waals surface area contributed by atoms with Crippen LogP contribution >= 0.6 is 47.8 Å². The molecule has 6 aliphatic rings. The number of esters is 1. The quantitative estimate of drug-likeness (QED) is 0.144. The number of hydrogen-bond acceptors (Lipinski definition) is 6. The van der Waals surface area contributed by atoms with Gasteiger partial charge in [0, 0.05) is 67.8 Å². The van der Waals surface area contributed by atoms with Crippen LogP contribution in [0.15, 0.2) is 92.3 Å². The Bertz CT molecular complexity index is 2170. The van der Waals surface area contributed by atoms with E-state index in [0.29, 0.717) is 65.3 Å². The predicted molar refractivity (Wildman–Crippen MR) is 253 cm³/mol. The fourth-order valence-corrected chi connectivity index (χ4v) is 14.2. The normalized spacial score (nSPS) is 34.7. The van der Waals surface area contributed by atoms with Crippen LogP contribution in [0.4, 0.5) is 0 Å². The number of halogens is 3. The van der Waals surface area contributed by atoms with Crippen molar-refractivity contribution in [2.75, 3.05) is 20.1 Å². The van der Waals surface area contributed by atoms with Gasteiger partial charge in [-0.2, -0.15) is 0 Å². The number of hydrogen-bond donors (Lipinski definition) is 1. The number of carbonyl (C=O) groups excluding carboxylic acids is 3. The summed E-state index contributed by atoms with van der Waals surface area (Å²) >= 11 is 10.5. The summed E-state index contributed by atoms with van der Waals surface area (Å²) in [5.74, 6) is 2.40. The van der Waals surface area contributed by atoms with Gasteiger partial charge in [0.05, 0.1) is 17.2 Å². The fourth-order valence-electron chi connectivity index (χ4n) is 13.4. The van der Waals surface area contributed by atoms with Gasteiger partial charge in [-0.15, -0.1) is 0 Å². The summed E-state index contributed by atoms with van der Waals surface area (Å²) in [5.41, 5.74) is 0.796. The van der Waals surface area contributed by atoms with Gasteiger partial charge < -0.3 is 24.5 Å². The summed E-state index contributed by atoms with van der Waals surface area (Å²) in [5, 5.41) is 13.1. The molecule has 3 aliphatic carbocycles. The summed E-state index contributed by atoms with van der Waals surface area (Å²) in [6, 6.07) is 22.6. The third-order valence-electron chi connectivity index (χ3n) is 16.1. The Labute approximate surface area is 392 Å². The van der Waals surface area contributed by atoms with Crippen LogP contribution < -0.4 is 0 Å². The Morgan fingerprint density at radius 3 is 2.05 bits per heavy atom. The summed E-state index contributed by atoms with van der Waals surface area (Å²) in [7, 11) is 2.27. The Kier molecular flexibility index (Phi) is 13.0. The van der Waals surface area contributed by atoms with Crippen molar-refractivity contribution >= 4 is 71.3 Å². The SMILES string of the molecule is C[C@@H]1C[C@H]2C[C@@H]3N(C(=O)c4ccc(Br)cc4)[C@@H](C[C@H]4C[C@H](C)C[C@H]5[C@@H]4CCCN5C(=O)/C=C(\OC(=O)c4ccc(Br)cc4)c4ccc(Br)cc4)CC[C@]3(O)[C@@H]3C[C@H]2[C@H](C1)N(C)C3. The van der Waals surface area contributed by atoms with E-state index in [4.69, 9.17) is 4.74 Å². The topological polar surface area (TPSA) is 90.4 Å². The zero-order chi connectivity index (χ0) is 43.4. The van der Waals surface area contributed by atoms with Crippen molar-refractivity contribution < 1.29 is 24.2 Å². The van der Waals surface area contributed by atoms with E-state index in [1.807, 2.05) is 48.5 Å². The first-order chi connectivity index (χ1) is 29.7. The highest BCUT2D eigenvalue weighted by Gasteiger charge is 2.60. The second kappa shape index (κ2) is 18.2.